The van der Waals surface area contributed by atoms with Crippen molar-refractivity contribution < 1.29 is 14.3 Å². The molecule has 25 heavy (non-hydrogen) atoms. The van der Waals surface area contributed by atoms with E-state index in [9.17, 15) is 4.79 Å². The Morgan fingerprint density at radius 3 is 2.60 bits per heavy atom. The zero-order valence-corrected chi connectivity index (χ0v) is 16.5. The second-order valence-electron chi connectivity index (χ2n) is 5.23. The maximum atomic E-state index is 12.6. The largest absolute Gasteiger partial charge is 0.493 e. The fourth-order valence-electron chi connectivity index (χ4n) is 2.56. The van der Waals surface area contributed by atoms with Gasteiger partial charge in [-0.2, -0.15) is 4.99 Å². The Morgan fingerprint density at radius 2 is 1.92 bits per heavy atom. The molecule has 0 saturated heterocycles. The van der Waals surface area contributed by atoms with Gasteiger partial charge in [0.1, 0.15) is 0 Å². The number of fused-ring (bicyclic) bond motifs is 1. The Labute approximate surface area is 157 Å². The fourth-order valence-corrected chi connectivity index (χ4v) is 4.20. The van der Waals surface area contributed by atoms with E-state index in [1.165, 1.54) is 18.4 Å². The number of hydrogen-bond acceptors (Lipinski definition) is 4. The lowest BCUT2D eigenvalue weighted by Gasteiger charge is -2.07. The number of thiazole rings is 1. The lowest BCUT2D eigenvalue weighted by molar-refractivity contribution is 0.0997. The van der Waals surface area contributed by atoms with Gasteiger partial charge in [-0.05, 0) is 43.3 Å². The molecular weight excluding hydrogens is 404 g/mol. The third-order valence-electron chi connectivity index (χ3n) is 3.79. The average molecular weight is 421 g/mol. The van der Waals surface area contributed by atoms with Crippen molar-refractivity contribution in [1.82, 2.24) is 4.57 Å². The van der Waals surface area contributed by atoms with E-state index in [2.05, 4.69) is 20.9 Å². The summed E-state index contributed by atoms with van der Waals surface area (Å²) in [6, 6.07) is 11.1. The van der Waals surface area contributed by atoms with Crippen LogP contribution in [0.15, 0.2) is 45.9 Å². The molecule has 0 fully saturated rings. The molecule has 1 aromatic heterocycles. The number of aromatic nitrogens is 1. The SMILES string of the molecule is CCn1c(=NC(=O)c2ccc(OC)c(OC)c2)sc2cc(Br)ccc21. The lowest BCUT2D eigenvalue weighted by atomic mass is 10.2. The van der Waals surface area contributed by atoms with Crippen LogP contribution < -0.4 is 14.3 Å². The van der Waals surface area contributed by atoms with Crippen LogP contribution in [-0.4, -0.2) is 24.7 Å². The highest BCUT2D eigenvalue weighted by Gasteiger charge is 2.12. The molecule has 3 aromatic rings. The number of rotatable bonds is 4. The number of benzene rings is 2. The molecule has 7 heteroatoms. The summed E-state index contributed by atoms with van der Waals surface area (Å²) in [6.07, 6.45) is 0. The van der Waals surface area contributed by atoms with Crippen molar-refractivity contribution in [1.29, 1.82) is 0 Å². The van der Waals surface area contributed by atoms with Gasteiger partial charge < -0.3 is 14.0 Å². The van der Waals surface area contributed by atoms with Gasteiger partial charge in [0.25, 0.3) is 5.91 Å². The van der Waals surface area contributed by atoms with E-state index in [1.807, 2.05) is 29.7 Å². The van der Waals surface area contributed by atoms with Crippen LogP contribution in [-0.2, 0) is 6.54 Å². The minimum atomic E-state index is -0.311. The Morgan fingerprint density at radius 1 is 1.16 bits per heavy atom. The molecule has 0 radical (unpaired) electrons. The zero-order valence-electron chi connectivity index (χ0n) is 14.1. The fraction of sp³-hybridized carbons (Fsp3) is 0.222. The van der Waals surface area contributed by atoms with E-state index >= 15 is 0 Å². The molecule has 0 saturated carbocycles. The molecule has 0 unspecified atom stereocenters. The summed E-state index contributed by atoms with van der Waals surface area (Å²) in [7, 11) is 3.10. The van der Waals surface area contributed by atoms with Crippen molar-refractivity contribution in [2.24, 2.45) is 4.99 Å². The first-order chi connectivity index (χ1) is 12.1. The standard InChI is InChI=1S/C18H17BrN2O3S/c1-4-21-13-7-6-12(19)10-16(13)25-18(21)20-17(22)11-5-8-14(23-2)15(9-11)24-3/h5-10H,4H2,1-3H3. The molecule has 130 valence electrons. The van der Waals surface area contributed by atoms with Gasteiger partial charge in [-0.1, -0.05) is 27.3 Å². The van der Waals surface area contributed by atoms with Gasteiger partial charge in [-0.25, -0.2) is 0 Å². The highest BCUT2D eigenvalue weighted by molar-refractivity contribution is 9.10. The Bertz CT molecular complexity index is 1010. The summed E-state index contributed by atoms with van der Waals surface area (Å²) in [5, 5.41) is 0. The molecule has 0 spiro atoms. The number of halogens is 1. The minimum absolute atomic E-state index is 0.311. The number of methoxy groups -OCH3 is 2. The highest BCUT2D eigenvalue weighted by Crippen LogP contribution is 2.28. The topological polar surface area (TPSA) is 52.8 Å². The van der Waals surface area contributed by atoms with Crippen LogP contribution in [0.4, 0.5) is 0 Å². The third kappa shape index (κ3) is 3.48. The highest BCUT2D eigenvalue weighted by atomic mass is 79.9. The quantitative estimate of drug-likeness (QED) is 0.633. The predicted molar refractivity (Wildman–Crippen MR) is 103 cm³/mol. The number of carbonyl (C=O) groups is 1. The van der Waals surface area contributed by atoms with E-state index in [0.717, 1.165) is 21.2 Å². The van der Waals surface area contributed by atoms with Crippen LogP contribution in [0, 0.1) is 0 Å². The van der Waals surface area contributed by atoms with Crippen molar-refractivity contribution in [3.05, 3.63) is 51.2 Å². The first-order valence-corrected chi connectivity index (χ1v) is 9.28. The molecule has 0 atom stereocenters. The summed E-state index contributed by atoms with van der Waals surface area (Å²) >= 11 is 4.97. The monoisotopic (exact) mass is 420 g/mol. The van der Waals surface area contributed by atoms with Gasteiger partial charge in [-0.15, -0.1) is 0 Å². The lowest BCUT2D eigenvalue weighted by Crippen LogP contribution is -2.15. The van der Waals surface area contributed by atoms with Crippen molar-refractivity contribution in [2.45, 2.75) is 13.5 Å². The molecule has 2 aromatic carbocycles. The number of ether oxygens (including phenoxy) is 2. The maximum Gasteiger partial charge on any atom is 0.279 e. The number of amides is 1. The van der Waals surface area contributed by atoms with Crippen LogP contribution in [0.2, 0.25) is 0 Å². The van der Waals surface area contributed by atoms with Crippen LogP contribution in [0.25, 0.3) is 10.2 Å². The van der Waals surface area contributed by atoms with Gasteiger partial charge in [0, 0.05) is 16.6 Å². The Hall–Kier alpha value is -2.12. The molecule has 0 bridgehead atoms. The summed E-state index contributed by atoms with van der Waals surface area (Å²) in [5.74, 6) is 0.773. The molecule has 0 aliphatic rings. The zero-order chi connectivity index (χ0) is 18.0. The van der Waals surface area contributed by atoms with E-state index < -0.39 is 0 Å². The van der Waals surface area contributed by atoms with Crippen molar-refractivity contribution in [3.63, 3.8) is 0 Å². The van der Waals surface area contributed by atoms with E-state index in [4.69, 9.17) is 9.47 Å². The summed E-state index contributed by atoms with van der Waals surface area (Å²) in [6.45, 7) is 2.77. The van der Waals surface area contributed by atoms with Crippen LogP contribution in [0.1, 0.15) is 17.3 Å². The molecule has 5 nitrogen and oxygen atoms in total. The molecule has 0 N–H and O–H groups in total. The normalized spacial score (nSPS) is 11.8. The molecule has 0 aliphatic carbocycles. The van der Waals surface area contributed by atoms with Gasteiger partial charge in [0.15, 0.2) is 16.3 Å². The van der Waals surface area contributed by atoms with Crippen molar-refractivity contribution in [3.8, 4) is 11.5 Å². The summed E-state index contributed by atoms with van der Waals surface area (Å²) in [5.41, 5.74) is 1.52. The van der Waals surface area contributed by atoms with Crippen LogP contribution in [0.5, 0.6) is 11.5 Å². The summed E-state index contributed by atoms with van der Waals surface area (Å²) < 4.78 is 14.6. The molecular formula is C18H17BrN2O3S. The van der Waals surface area contributed by atoms with E-state index in [1.54, 1.807) is 25.3 Å². The number of aryl methyl sites for hydroxylation is 1. The molecule has 0 aliphatic heterocycles. The molecule has 1 amide bonds. The van der Waals surface area contributed by atoms with Gasteiger partial charge >= 0.3 is 0 Å². The average Bonchev–Trinajstić information content (AvgIpc) is 2.96. The summed E-state index contributed by atoms with van der Waals surface area (Å²) in [4.78, 5) is 17.6. The first kappa shape index (κ1) is 17.7. The predicted octanol–water partition coefficient (Wildman–Crippen LogP) is 4.24. The number of nitrogens with zero attached hydrogens (tertiary/aromatic N) is 2. The maximum absolute atomic E-state index is 12.6. The second kappa shape index (κ2) is 7.41. The van der Waals surface area contributed by atoms with Crippen molar-refractivity contribution >= 4 is 43.4 Å². The van der Waals surface area contributed by atoms with Gasteiger partial charge in [-0.3, -0.25) is 4.79 Å². The molecule has 1 heterocycles. The second-order valence-corrected chi connectivity index (χ2v) is 7.15. The Kier molecular flexibility index (Phi) is 5.24. The van der Waals surface area contributed by atoms with Crippen LogP contribution >= 0.6 is 27.3 Å². The minimum Gasteiger partial charge on any atom is -0.493 e. The number of hydrogen-bond donors (Lipinski definition) is 0. The van der Waals surface area contributed by atoms with Crippen molar-refractivity contribution in [2.75, 3.05) is 14.2 Å². The molecule has 3 rings (SSSR count). The van der Waals surface area contributed by atoms with Gasteiger partial charge in [0.2, 0.25) is 0 Å². The number of carbonyl (C=O) groups excluding carboxylic acids is 1. The van der Waals surface area contributed by atoms with Gasteiger partial charge in [0.05, 0.1) is 24.4 Å². The van der Waals surface area contributed by atoms with E-state index in [-0.39, 0.29) is 5.91 Å². The first-order valence-electron chi connectivity index (χ1n) is 7.67. The van der Waals surface area contributed by atoms with Crippen LogP contribution in [0.3, 0.4) is 0 Å². The smallest absolute Gasteiger partial charge is 0.279 e. The van der Waals surface area contributed by atoms with E-state index in [0.29, 0.717) is 21.9 Å². The third-order valence-corrected chi connectivity index (χ3v) is 5.32. The Balaban J connectivity index is 2.08.